The number of esters is 2. The predicted octanol–water partition coefficient (Wildman–Crippen LogP) is 10.5. The molecular formula is C46H76NO11P. The van der Waals surface area contributed by atoms with Crippen LogP contribution >= 0.6 is 7.82 Å². The molecule has 0 fully saturated rings. The number of carbonyl (C=O) groups excluding carboxylic acids is 2. The molecule has 0 aliphatic rings. The number of carboxylic acid groups (broad SMARTS) is 1. The average molecular weight is 850 g/mol. The van der Waals surface area contributed by atoms with Gasteiger partial charge in [0.05, 0.1) is 19.3 Å². The van der Waals surface area contributed by atoms with E-state index in [4.69, 9.17) is 24.8 Å². The van der Waals surface area contributed by atoms with Gasteiger partial charge < -0.3 is 30.3 Å². The standard InChI is InChI=1S/C46H76NO11P/c1-3-5-7-9-11-12-13-14-15-16-17-22-25-29-33-37-45(50)58-42(39-56-59(53,54)57-40-43(47)46(51)52)38-55-44(49)36-32-28-24-21-19-18-20-23-27-31-35-41(48)34-30-26-10-8-6-4-2/h6,8,14-15,18-19,23-24,26-28,30-31,35,41-43,48H,3-5,7,9-13,16-17,20-22,25,29,32-34,36-40,47H2,1-2H3,(H,51,52)(H,53,54)/b8-6-,15-14-,19-18-,27-23-,28-24-,30-26-,35-31+/t41?,42-,43+/m1/s1. The molecule has 0 aromatic rings. The van der Waals surface area contributed by atoms with Gasteiger partial charge in [-0.3, -0.25) is 23.4 Å². The van der Waals surface area contributed by atoms with Gasteiger partial charge in [-0.2, -0.15) is 0 Å². The Kier molecular flexibility index (Phi) is 37.8. The molecule has 0 bridgehead atoms. The molecule has 0 saturated carbocycles. The van der Waals surface area contributed by atoms with Crippen molar-refractivity contribution in [1.29, 1.82) is 0 Å². The lowest BCUT2D eigenvalue weighted by Gasteiger charge is -2.20. The Bertz CT molecular complexity index is 1340. The van der Waals surface area contributed by atoms with Gasteiger partial charge in [-0.1, -0.05) is 150 Å². The van der Waals surface area contributed by atoms with Crippen molar-refractivity contribution in [1.82, 2.24) is 0 Å². The quantitative estimate of drug-likeness (QED) is 0.0151. The van der Waals surface area contributed by atoms with Gasteiger partial charge in [0.2, 0.25) is 0 Å². The monoisotopic (exact) mass is 850 g/mol. The van der Waals surface area contributed by atoms with Gasteiger partial charge >= 0.3 is 25.7 Å². The second kappa shape index (κ2) is 40.0. The van der Waals surface area contributed by atoms with Crippen LogP contribution in [0.25, 0.3) is 0 Å². The van der Waals surface area contributed by atoms with Gasteiger partial charge in [0, 0.05) is 12.8 Å². The third-order valence-corrected chi connectivity index (χ3v) is 9.67. The summed E-state index contributed by atoms with van der Waals surface area (Å²) in [7, 11) is -4.75. The van der Waals surface area contributed by atoms with Crippen molar-refractivity contribution in [3.05, 3.63) is 85.1 Å². The zero-order valence-corrected chi connectivity index (χ0v) is 36.8. The third-order valence-electron chi connectivity index (χ3n) is 8.72. The molecule has 0 aliphatic carbocycles. The SMILES string of the molecule is CC/C=C\C/C=C\CC(O)/C=C/C=C\C/C=C\C/C=C\CCC(=O)OC[C@H](COP(=O)(O)OC[C@H](N)C(=O)O)OC(=O)CCCCCCC/C=C\CCCCCCCC. The number of nitrogens with two attached hydrogens (primary N) is 1. The van der Waals surface area contributed by atoms with Crippen molar-refractivity contribution in [2.75, 3.05) is 19.8 Å². The zero-order chi connectivity index (χ0) is 43.7. The number of rotatable bonds is 39. The van der Waals surface area contributed by atoms with Gasteiger partial charge in [0.25, 0.3) is 0 Å². The van der Waals surface area contributed by atoms with Gasteiger partial charge in [0.1, 0.15) is 12.6 Å². The van der Waals surface area contributed by atoms with Crippen LogP contribution in [0.2, 0.25) is 0 Å². The number of allylic oxidation sites excluding steroid dienone is 12. The van der Waals surface area contributed by atoms with Crippen LogP contribution in [-0.2, 0) is 37.5 Å². The first kappa shape index (κ1) is 55.6. The predicted molar refractivity (Wildman–Crippen MR) is 236 cm³/mol. The molecule has 0 saturated heterocycles. The van der Waals surface area contributed by atoms with Crippen molar-refractivity contribution >= 4 is 25.7 Å². The number of aliphatic hydroxyl groups is 1. The Hall–Kier alpha value is -3.38. The molecule has 5 N–H and O–H groups in total. The van der Waals surface area contributed by atoms with Crippen LogP contribution in [0.15, 0.2) is 85.1 Å². The van der Waals surface area contributed by atoms with Gasteiger partial charge in [0.15, 0.2) is 6.10 Å². The number of phosphoric acid groups is 1. The van der Waals surface area contributed by atoms with Crippen LogP contribution in [-0.4, -0.2) is 71.1 Å². The maximum Gasteiger partial charge on any atom is 0.472 e. The fourth-order valence-corrected chi connectivity index (χ4v) is 6.06. The Morgan fingerprint density at radius 2 is 1.19 bits per heavy atom. The second-order valence-corrected chi connectivity index (χ2v) is 15.7. The first-order valence-electron chi connectivity index (χ1n) is 21.7. The number of hydrogen-bond acceptors (Lipinski definition) is 10. The molecular weight excluding hydrogens is 773 g/mol. The summed E-state index contributed by atoms with van der Waals surface area (Å²) in [4.78, 5) is 45.9. The summed E-state index contributed by atoms with van der Waals surface area (Å²) in [5.41, 5.74) is 5.32. The molecule has 0 heterocycles. The molecule has 0 rings (SSSR count). The van der Waals surface area contributed by atoms with Crippen LogP contribution in [0.3, 0.4) is 0 Å². The highest BCUT2D eigenvalue weighted by Gasteiger charge is 2.28. The molecule has 12 nitrogen and oxygen atoms in total. The number of carbonyl (C=O) groups is 3. The number of aliphatic hydroxyl groups excluding tert-OH is 1. The van der Waals surface area contributed by atoms with Crippen molar-refractivity contribution < 1.29 is 52.6 Å². The number of hydrogen-bond donors (Lipinski definition) is 4. The van der Waals surface area contributed by atoms with E-state index in [0.717, 1.165) is 57.8 Å². The molecule has 0 spiro atoms. The normalized spacial score (nSPS) is 15.1. The molecule has 0 radical (unpaired) electrons. The maximum absolute atomic E-state index is 12.6. The summed E-state index contributed by atoms with van der Waals surface area (Å²) in [6, 6.07) is -1.54. The number of phosphoric ester groups is 1. The Morgan fingerprint density at radius 1 is 0.627 bits per heavy atom. The largest absolute Gasteiger partial charge is 0.480 e. The fourth-order valence-electron chi connectivity index (χ4n) is 5.29. The van der Waals surface area contributed by atoms with E-state index < -0.39 is 63.8 Å². The molecule has 0 aliphatic heterocycles. The Labute approximate surface area is 355 Å². The van der Waals surface area contributed by atoms with E-state index in [-0.39, 0.29) is 12.8 Å². The highest BCUT2D eigenvalue weighted by Crippen LogP contribution is 2.43. The lowest BCUT2D eigenvalue weighted by Crippen LogP contribution is -2.34. The zero-order valence-electron chi connectivity index (χ0n) is 35.9. The maximum atomic E-state index is 12.6. The number of aliphatic carboxylic acids is 1. The van der Waals surface area contributed by atoms with Crippen molar-refractivity contribution in [2.24, 2.45) is 5.73 Å². The molecule has 0 aromatic carbocycles. The van der Waals surface area contributed by atoms with Crippen LogP contribution < -0.4 is 5.73 Å². The Morgan fingerprint density at radius 3 is 1.85 bits per heavy atom. The molecule has 59 heavy (non-hydrogen) atoms. The lowest BCUT2D eigenvalue weighted by molar-refractivity contribution is -0.161. The topological polar surface area (TPSA) is 192 Å². The molecule has 0 aromatic heterocycles. The van der Waals surface area contributed by atoms with Crippen molar-refractivity contribution in [3.63, 3.8) is 0 Å². The summed E-state index contributed by atoms with van der Waals surface area (Å²) in [6.07, 6.45) is 45.5. The fraction of sp³-hybridized carbons (Fsp3) is 0.630. The van der Waals surface area contributed by atoms with Crippen LogP contribution in [0.1, 0.15) is 149 Å². The summed E-state index contributed by atoms with van der Waals surface area (Å²) < 4.78 is 32.6. The van der Waals surface area contributed by atoms with Crippen molar-refractivity contribution in [3.8, 4) is 0 Å². The summed E-state index contributed by atoms with van der Waals surface area (Å²) in [6.45, 7) is 2.51. The van der Waals surface area contributed by atoms with E-state index in [2.05, 4.69) is 42.7 Å². The first-order chi connectivity index (χ1) is 28.5. The molecule has 2 unspecified atom stereocenters. The van der Waals surface area contributed by atoms with Crippen molar-refractivity contribution in [2.45, 2.75) is 167 Å². The molecule has 336 valence electrons. The minimum atomic E-state index is -4.75. The number of unbranched alkanes of at least 4 members (excludes halogenated alkanes) is 11. The van der Waals surface area contributed by atoms with E-state index in [1.54, 1.807) is 6.08 Å². The van der Waals surface area contributed by atoms with Crippen LogP contribution in [0, 0.1) is 0 Å². The van der Waals surface area contributed by atoms with E-state index >= 15 is 0 Å². The highest BCUT2D eigenvalue weighted by molar-refractivity contribution is 7.47. The number of carboxylic acids is 1. The molecule has 0 amide bonds. The van der Waals surface area contributed by atoms with Gasteiger partial charge in [-0.05, 0) is 70.6 Å². The Balaban J connectivity index is 4.57. The first-order valence-corrected chi connectivity index (χ1v) is 23.2. The van der Waals surface area contributed by atoms with Gasteiger partial charge in [-0.15, -0.1) is 0 Å². The van der Waals surface area contributed by atoms with E-state index in [1.165, 1.54) is 38.5 Å². The third kappa shape index (κ3) is 39.8. The van der Waals surface area contributed by atoms with E-state index in [0.29, 0.717) is 25.7 Å². The minimum Gasteiger partial charge on any atom is -0.480 e. The molecule has 4 atom stereocenters. The van der Waals surface area contributed by atoms with Crippen LogP contribution in [0.4, 0.5) is 0 Å². The lowest BCUT2D eigenvalue weighted by atomic mass is 10.1. The summed E-state index contributed by atoms with van der Waals surface area (Å²) in [5.74, 6) is -2.54. The average Bonchev–Trinajstić information content (AvgIpc) is 3.21. The van der Waals surface area contributed by atoms with Gasteiger partial charge in [-0.25, -0.2) is 4.57 Å². The molecule has 13 heteroatoms. The van der Waals surface area contributed by atoms with E-state index in [1.807, 2.05) is 54.7 Å². The highest BCUT2D eigenvalue weighted by atomic mass is 31.2. The number of ether oxygens (including phenoxy) is 2. The summed E-state index contributed by atoms with van der Waals surface area (Å²) in [5, 5.41) is 18.9. The van der Waals surface area contributed by atoms with E-state index in [9.17, 15) is 28.9 Å². The smallest absolute Gasteiger partial charge is 0.472 e. The summed E-state index contributed by atoms with van der Waals surface area (Å²) >= 11 is 0. The minimum absolute atomic E-state index is 0.0674. The second-order valence-electron chi connectivity index (χ2n) is 14.3. The van der Waals surface area contributed by atoms with Crippen LogP contribution in [0.5, 0.6) is 0 Å².